The predicted octanol–water partition coefficient (Wildman–Crippen LogP) is 4.21. The first-order valence-corrected chi connectivity index (χ1v) is 16.3. The van der Waals surface area contributed by atoms with Crippen molar-refractivity contribution in [3.8, 4) is 0 Å². The van der Waals surface area contributed by atoms with Crippen molar-refractivity contribution in [2.24, 2.45) is 17.8 Å². The SMILES string of the molecule is CC(C)(C)NC(=O)C1CN(Cc2cccnc2)CCC1C[C@@H](O)C[C@@H](Cc1ccccc1)C(=O)NC1c2ccccc2C[C@@H]1O. The van der Waals surface area contributed by atoms with Crippen molar-refractivity contribution in [2.45, 2.75) is 83.2 Å². The summed E-state index contributed by atoms with van der Waals surface area (Å²) in [4.78, 5) is 33.9. The highest BCUT2D eigenvalue weighted by Gasteiger charge is 2.38. The van der Waals surface area contributed by atoms with E-state index >= 15 is 0 Å². The van der Waals surface area contributed by atoms with Crippen molar-refractivity contribution in [2.75, 3.05) is 13.1 Å². The molecule has 45 heavy (non-hydrogen) atoms. The van der Waals surface area contributed by atoms with E-state index in [4.69, 9.17) is 0 Å². The van der Waals surface area contributed by atoms with E-state index in [2.05, 4.69) is 20.5 Å². The number of aromatic nitrogens is 1. The average Bonchev–Trinajstić information content (AvgIpc) is 3.32. The maximum absolute atomic E-state index is 13.8. The third kappa shape index (κ3) is 9.00. The number of benzene rings is 2. The molecule has 4 N–H and O–H groups in total. The lowest BCUT2D eigenvalue weighted by atomic mass is 9.79. The van der Waals surface area contributed by atoms with Gasteiger partial charge in [-0.3, -0.25) is 19.5 Å². The molecule has 0 bridgehead atoms. The number of aliphatic hydroxyl groups is 2. The molecule has 0 spiro atoms. The second-order valence-electron chi connectivity index (χ2n) is 14.0. The van der Waals surface area contributed by atoms with Crippen molar-refractivity contribution >= 4 is 11.8 Å². The molecule has 1 aliphatic heterocycles. The van der Waals surface area contributed by atoms with Crippen molar-refractivity contribution in [1.29, 1.82) is 0 Å². The molecule has 8 nitrogen and oxygen atoms in total. The number of nitrogens with zero attached hydrogens (tertiary/aromatic N) is 2. The van der Waals surface area contributed by atoms with Crippen LogP contribution in [0, 0.1) is 17.8 Å². The molecule has 8 heteroatoms. The Balaban J connectivity index is 1.29. The smallest absolute Gasteiger partial charge is 0.225 e. The van der Waals surface area contributed by atoms with Gasteiger partial charge in [-0.1, -0.05) is 60.7 Å². The topological polar surface area (TPSA) is 115 Å². The first-order valence-electron chi connectivity index (χ1n) is 16.3. The Morgan fingerprint density at radius 3 is 2.49 bits per heavy atom. The highest BCUT2D eigenvalue weighted by molar-refractivity contribution is 5.80. The molecule has 3 aromatic rings. The molecule has 2 aromatic carbocycles. The van der Waals surface area contributed by atoms with Crippen molar-refractivity contribution in [3.63, 3.8) is 0 Å². The molecular weight excluding hydrogens is 564 g/mol. The summed E-state index contributed by atoms with van der Waals surface area (Å²) in [6, 6.07) is 21.2. The third-order valence-corrected chi connectivity index (χ3v) is 9.13. The summed E-state index contributed by atoms with van der Waals surface area (Å²) >= 11 is 0. The number of carbonyl (C=O) groups is 2. The Kier molecular flexibility index (Phi) is 10.7. The van der Waals surface area contributed by atoms with Gasteiger partial charge in [0.1, 0.15) is 0 Å². The summed E-state index contributed by atoms with van der Waals surface area (Å²) < 4.78 is 0. The summed E-state index contributed by atoms with van der Waals surface area (Å²) in [5.74, 6) is -0.961. The van der Waals surface area contributed by atoms with Crippen LogP contribution in [0.3, 0.4) is 0 Å². The molecule has 2 heterocycles. The van der Waals surface area contributed by atoms with Gasteiger partial charge in [0.2, 0.25) is 11.8 Å². The number of hydrogen-bond acceptors (Lipinski definition) is 6. The van der Waals surface area contributed by atoms with Crippen LogP contribution >= 0.6 is 0 Å². The van der Waals surface area contributed by atoms with Crippen LogP contribution in [-0.2, 0) is 29.0 Å². The molecule has 3 unspecified atom stereocenters. The molecule has 6 atom stereocenters. The Morgan fingerprint density at radius 1 is 1.02 bits per heavy atom. The number of piperidine rings is 1. The highest BCUT2D eigenvalue weighted by atomic mass is 16.3. The predicted molar refractivity (Wildman–Crippen MR) is 175 cm³/mol. The lowest BCUT2D eigenvalue weighted by Gasteiger charge is -2.40. The van der Waals surface area contributed by atoms with Crippen LogP contribution < -0.4 is 10.6 Å². The van der Waals surface area contributed by atoms with Gasteiger partial charge in [-0.2, -0.15) is 0 Å². The Morgan fingerprint density at radius 2 is 1.76 bits per heavy atom. The van der Waals surface area contributed by atoms with Gasteiger partial charge < -0.3 is 20.8 Å². The average molecular weight is 613 g/mol. The van der Waals surface area contributed by atoms with E-state index in [1.807, 2.05) is 93.7 Å². The fourth-order valence-corrected chi connectivity index (χ4v) is 6.98. The molecule has 240 valence electrons. The van der Waals surface area contributed by atoms with E-state index < -0.39 is 24.2 Å². The van der Waals surface area contributed by atoms with Crippen molar-refractivity contribution in [3.05, 3.63) is 101 Å². The summed E-state index contributed by atoms with van der Waals surface area (Å²) in [5, 5.41) is 28.6. The number of nitrogens with one attached hydrogen (secondary N) is 2. The first-order chi connectivity index (χ1) is 21.6. The minimum atomic E-state index is -0.759. The second kappa shape index (κ2) is 14.7. The van der Waals surface area contributed by atoms with Crippen LogP contribution in [0.5, 0.6) is 0 Å². The van der Waals surface area contributed by atoms with Gasteiger partial charge >= 0.3 is 0 Å². The normalized spacial score (nSPS) is 23.1. The van der Waals surface area contributed by atoms with Crippen LogP contribution in [0.25, 0.3) is 0 Å². The number of pyridine rings is 1. The number of amides is 2. The van der Waals surface area contributed by atoms with E-state index in [1.54, 1.807) is 6.20 Å². The monoisotopic (exact) mass is 612 g/mol. The van der Waals surface area contributed by atoms with Crippen LogP contribution in [0.2, 0.25) is 0 Å². The summed E-state index contributed by atoms with van der Waals surface area (Å²) in [5.41, 5.74) is 3.75. The van der Waals surface area contributed by atoms with Crippen molar-refractivity contribution in [1.82, 2.24) is 20.5 Å². The fourth-order valence-electron chi connectivity index (χ4n) is 6.98. The Labute approximate surface area is 267 Å². The van der Waals surface area contributed by atoms with Gasteiger partial charge in [-0.25, -0.2) is 0 Å². The number of fused-ring (bicyclic) bond motifs is 1. The van der Waals surface area contributed by atoms with Gasteiger partial charge in [0, 0.05) is 43.4 Å². The molecule has 2 aliphatic rings. The van der Waals surface area contributed by atoms with Crippen LogP contribution in [0.1, 0.15) is 68.3 Å². The van der Waals surface area contributed by atoms with Gasteiger partial charge in [-0.15, -0.1) is 0 Å². The molecule has 5 rings (SSSR count). The van der Waals surface area contributed by atoms with Crippen molar-refractivity contribution < 1.29 is 19.8 Å². The number of rotatable bonds is 11. The van der Waals surface area contributed by atoms with E-state index in [1.165, 1.54) is 0 Å². The summed E-state index contributed by atoms with van der Waals surface area (Å²) in [7, 11) is 0. The van der Waals surface area contributed by atoms with Crippen LogP contribution in [-0.4, -0.2) is 62.7 Å². The quantitative estimate of drug-likeness (QED) is 0.258. The van der Waals surface area contributed by atoms with Gasteiger partial charge in [0.25, 0.3) is 0 Å². The first kappa shape index (κ1) is 32.8. The van der Waals surface area contributed by atoms with Gasteiger partial charge in [0.15, 0.2) is 0 Å². The molecular formula is C37H48N4O4. The highest BCUT2D eigenvalue weighted by Crippen LogP contribution is 2.34. The van der Waals surface area contributed by atoms with Crippen LogP contribution in [0.4, 0.5) is 0 Å². The zero-order valence-corrected chi connectivity index (χ0v) is 26.7. The molecule has 1 aliphatic carbocycles. The van der Waals surface area contributed by atoms with Gasteiger partial charge in [0.05, 0.1) is 24.2 Å². The van der Waals surface area contributed by atoms with E-state index in [-0.39, 0.29) is 35.6 Å². The summed E-state index contributed by atoms with van der Waals surface area (Å²) in [6.07, 6.45) is 4.65. The van der Waals surface area contributed by atoms with E-state index in [9.17, 15) is 19.8 Å². The molecule has 0 radical (unpaired) electrons. The lowest BCUT2D eigenvalue weighted by Crippen LogP contribution is -2.52. The fraction of sp³-hybridized carbons (Fsp3) is 0.486. The third-order valence-electron chi connectivity index (χ3n) is 9.13. The molecule has 1 fully saturated rings. The molecule has 2 amide bonds. The largest absolute Gasteiger partial charge is 0.393 e. The Hall–Kier alpha value is -3.59. The number of aliphatic hydroxyl groups excluding tert-OH is 2. The zero-order chi connectivity index (χ0) is 32.0. The van der Waals surface area contributed by atoms with E-state index in [0.717, 1.165) is 41.8 Å². The maximum Gasteiger partial charge on any atom is 0.225 e. The Bertz CT molecular complexity index is 1410. The lowest BCUT2D eigenvalue weighted by molar-refractivity contribution is -0.132. The van der Waals surface area contributed by atoms with E-state index in [0.29, 0.717) is 25.8 Å². The minimum Gasteiger partial charge on any atom is -0.393 e. The number of likely N-dealkylation sites (tertiary alicyclic amines) is 1. The number of hydrogen-bond donors (Lipinski definition) is 4. The zero-order valence-electron chi connectivity index (χ0n) is 26.7. The number of carbonyl (C=O) groups excluding carboxylic acids is 2. The standard InChI is InChI=1S/C37H48N4O4/c1-37(2,3)40-36(45)32-24-41(23-26-12-9-16-38-22-26)17-15-28(32)19-30(42)20-29(18-25-10-5-4-6-11-25)35(44)39-34-31-14-8-7-13-27(31)21-33(34)43/h4-14,16,22,28-30,32-34,42-43H,15,17-21,23-24H2,1-3H3,(H,39,44)(H,40,45)/t28?,29-,30-,32?,33+,34?/m1/s1. The molecule has 1 saturated heterocycles. The van der Waals surface area contributed by atoms with Gasteiger partial charge in [-0.05, 0) is 87.2 Å². The molecule has 0 saturated carbocycles. The minimum absolute atomic E-state index is 0.00283. The maximum atomic E-state index is 13.8. The molecule has 1 aromatic heterocycles. The summed E-state index contributed by atoms with van der Waals surface area (Å²) in [6.45, 7) is 8.09. The second-order valence-corrected chi connectivity index (χ2v) is 14.0. The van der Waals surface area contributed by atoms with Crippen LogP contribution in [0.15, 0.2) is 79.1 Å².